The molecule has 1 aliphatic heterocycles. The summed E-state index contributed by atoms with van der Waals surface area (Å²) in [6.45, 7) is 4.47. The van der Waals surface area contributed by atoms with Crippen molar-refractivity contribution in [3.05, 3.63) is 0 Å². The highest BCUT2D eigenvalue weighted by Gasteiger charge is 2.14. The fraction of sp³-hybridized carbons (Fsp3) is 0.917. The van der Waals surface area contributed by atoms with Gasteiger partial charge in [0.2, 0.25) is 5.91 Å². The van der Waals surface area contributed by atoms with Crippen LogP contribution in [0.2, 0.25) is 0 Å². The number of aliphatic hydroxyl groups excluding tert-OH is 1. The van der Waals surface area contributed by atoms with Gasteiger partial charge in [0.15, 0.2) is 0 Å². The second-order valence-electron chi connectivity index (χ2n) is 4.60. The highest BCUT2D eigenvalue weighted by molar-refractivity contribution is 5.75. The quantitative estimate of drug-likeness (QED) is 0.625. The fourth-order valence-corrected chi connectivity index (χ4v) is 1.97. The van der Waals surface area contributed by atoms with Crippen LogP contribution < -0.4 is 10.6 Å². The third kappa shape index (κ3) is 5.47. The maximum atomic E-state index is 11.5. The Hall–Kier alpha value is -0.610. The Labute approximate surface area is 97.8 Å². The Kier molecular flexibility index (Phi) is 6.42. The summed E-state index contributed by atoms with van der Waals surface area (Å²) < 4.78 is 0. The first-order chi connectivity index (χ1) is 7.72. The number of piperidine rings is 1. The van der Waals surface area contributed by atoms with Gasteiger partial charge in [-0.2, -0.15) is 0 Å². The van der Waals surface area contributed by atoms with Crippen molar-refractivity contribution in [1.82, 2.24) is 10.6 Å². The molecule has 1 saturated heterocycles. The minimum absolute atomic E-state index is 0.0750. The molecule has 1 fully saturated rings. The number of carbonyl (C=O) groups is 1. The highest BCUT2D eigenvalue weighted by Crippen LogP contribution is 2.17. The zero-order valence-corrected chi connectivity index (χ0v) is 10.2. The molecule has 1 aliphatic rings. The fourth-order valence-electron chi connectivity index (χ4n) is 1.97. The summed E-state index contributed by atoms with van der Waals surface area (Å²) in [4.78, 5) is 11.5. The number of hydrogen-bond acceptors (Lipinski definition) is 3. The molecule has 0 bridgehead atoms. The van der Waals surface area contributed by atoms with Gasteiger partial charge in [-0.1, -0.05) is 6.92 Å². The Morgan fingerprint density at radius 1 is 1.50 bits per heavy atom. The average Bonchev–Trinajstić information content (AvgIpc) is 2.34. The molecule has 1 atom stereocenters. The minimum Gasteiger partial charge on any atom is -0.391 e. The predicted octanol–water partition coefficient (Wildman–Crippen LogP) is 0.653. The van der Waals surface area contributed by atoms with Crippen LogP contribution in [0.5, 0.6) is 0 Å². The topological polar surface area (TPSA) is 61.4 Å². The van der Waals surface area contributed by atoms with Crippen molar-refractivity contribution in [2.45, 2.75) is 45.1 Å². The van der Waals surface area contributed by atoms with Gasteiger partial charge < -0.3 is 15.7 Å². The monoisotopic (exact) mass is 228 g/mol. The lowest BCUT2D eigenvalue weighted by Gasteiger charge is -2.22. The zero-order valence-electron chi connectivity index (χ0n) is 10.2. The third-order valence-corrected chi connectivity index (χ3v) is 3.24. The molecule has 3 N–H and O–H groups in total. The van der Waals surface area contributed by atoms with Crippen LogP contribution in [-0.4, -0.2) is 36.8 Å². The van der Waals surface area contributed by atoms with Crippen molar-refractivity contribution in [2.75, 3.05) is 19.6 Å². The number of carbonyl (C=O) groups excluding carboxylic acids is 1. The van der Waals surface area contributed by atoms with E-state index in [2.05, 4.69) is 10.6 Å². The van der Waals surface area contributed by atoms with E-state index in [1.165, 1.54) is 12.8 Å². The number of hydrogen-bond donors (Lipinski definition) is 3. The largest absolute Gasteiger partial charge is 0.391 e. The molecule has 1 amide bonds. The lowest BCUT2D eigenvalue weighted by atomic mass is 9.93. The summed E-state index contributed by atoms with van der Waals surface area (Å²) in [5, 5.41) is 15.4. The first-order valence-corrected chi connectivity index (χ1v) is 6.37. The van der Waals surface area contributed by atoms with Gasteiger partial charge in [-0.3, -0.25) is 4.79 Å². The Bertz CT molecular complexity index is 203. The van der Waals surface area contributed by atoms with Gasteiger partial charge in [-0.15, -0.1) is 0 Å². The molecule has 16 heavy (non-hydrogen) atoms. The van der Waals surface area contributed by atoms with E-state index in [0.29, 0.717) is 25.3 Å². The van der Waals surface area contributed by atoms with Crippen molar-refractivity contribution in [2.24, 2.45) is 5.92 Å². The van der Waals surface area contributed by atoms with Gasteiger partial charge in [0.05, 0.1) is 6.10 Å². The van der Waals surface area contributed by atoms with E-state index in [1.807, 2.05) is 6.92 Å². The van der Waals surface area contributed by atoms with Crippen molar-refractivity contribution < 1.29 is 9.90 Å². The molecule has 0 aromatic carbocycles. The van der Waals surface area contributed by atoms with Crippen LogP contribution in [0, 0.1) is 5.92 Å². The van der Waals surface area contributed by atoms with Crippen LogP contribution >= 0.6 is 0 Å². The second-order valence-corrected chi connectivity index (χ2v) is 4.60. The molecule has 0 spiro atoms. The molecule has 4 heteroatoms. The zero-order chi connectivity index (χ0) is 11.8. The SMILES string of the molecule is CCC(O)CNC(=O)CCC1CCNCC1. The predicted molar refractivity (Wildman–Crippen MR) is 64.1 cm³/mol. The van der Waals surface area contributed by atoms with Gasteiger partial charge in [0, 0.05) is 13.0 Å². The van der Waals surface area contributed by atoms with E-state index in [-0.39, 0.29) is 5.91 Å². The van der Waals surface area contributed by atoms with E-state index >= 15 is 0 Å². The van der Waals surface area contributed by atoms with Crippen molar-refractivity contribution in [1.29, 1.82) is 0 Å². The highest BCUT2D eigenvalue weighted by atomic mass is 16.3. The van der Waals surface area contributed by atoms with E-state index in [0.717, 1.165) is 19.5 Å². The number of aliphatic hydroxyl groups is 1. The molecule has 1 unspecified atom stereocenters. The smallest absolute Gasteiger partial charge is 0.220 e. The standard InChI is InChI=1S/C12H24N2O2/c1-2-11(15)9-14-12(16)4-3-10-5-7-13-8-6-10/h10-11,13,15H,2-9H2,1H3,(H,14,16). The molecular weight excluding hydrogens is 204 g/mol. The normalized spacial score (nSPS) is 19.4. The summed E-state index contributed by atoms with van der Waals surface area (Å²) in [6, 6.07) is 0. The van der Waals surface area contributed by atoms with E-state index in [4.69, 9.17) is 0 Å². The lowest BCUT2D eigenvalue weighted by molar-refractivity contribution is -0.121. The first kappa shape index (κ1) is 13.5. The van der Waals surface area contributed by atoms with Crippen LogP contribution in [0.4, 0.5) is 0 Å². The van der Waals surface area contributed by atoms with E-state index in [1.54, 1.807) is 0 Å². The van der Waals surface area contributed by atoms with Crippen LogP contribution in [0.25, 0.3) is 0 Å². The molecule has 0 saturated carbocycles. The van der Waals surface area contributed by atoms with Gasteiger partial charge in [-0.05, 0) is 44.7 Å². The van der Waals surface area contributed by atoms with E-state index in [9.17, 15) is 9.90 Å². The average molecular weight is 228 g/mol. The maximum absolute atomic E-state index is 11.5. The molecule has 1 heterocycles. The van der Waals surface area contributed by atoms with Gasteiger partial charge in [0.1, 0.15) is 0 Å². The molecule has 94 valence electrons. The summed E-state index contributed by atoms with van der Waals surface area (Å²) in [5.74, 6) is 0.772. The molecule has 0 radical (unpaired) electrons. The van der Waals surface area contributed by atoms with E-state index < -0.39 is 6.10 Å². The van der Waals surface area contributed by atoms with Crippen LogP contribution in [0.3, 0.4) is 0 Å². The van der Waals surface area contributed by atoms with Crippen molar-refractivity contribution in [3.63, 3.8) is 0 Å². The molecule has 0 aliphatic carbocycles. The number of rotatable bonds is 6. The second kappa shape index (κ2) is 7.63. The number of nitrogens with one attached hydrogen (secondary N) is 2. The minimum atomic E-state index is -0.400. The van der Waals surface area contributed by atoms with Gasteiger partial charge in [-0.25, -0.2) is 0 Å². The van der Waals surface area contributed by atoms with Crippen molar-refractivity contribution >= 4 is 5.91 Å². The van der Waals surface area contributed by atoms with Crippen LogP contribution in [0.1, 0.15) is 39.0 Å². The Morgan fingerprint density at radius 3 is 2.81 bits per heavy atom. The van der Waals surface area contributed by atoms with Gasteiger partial charge >= 0.3 is 0 Å². The molecular formula is C12H24N2O2. The summed E-state index contributed by atoms with van der Waals surface area (Å²) in [5.41, 5.74) is 0. The van der Waals surface area contributed by atoms with Gasteiger partial charge in [0.25, 0.3) is 0 Å². The number of amides is 1. The Morgan fingerprint density at radius 2 is 2.19 bits per heavy atom. The van der Waals surface area contributed by atoms with Crippen molar-refractivity contribution in [3.8, 4) is 0 Å². The third-order valence-electron chi connectivity index (χ3n) is 3.24. The first-order valence-electron chi connectivity index (χ1n) is 6.37. The summed E-state index contributed by atoms with van der Waals surface area (Å²) in [7, 11) is 0. The molecule has 1 rings (SSSR count). The maximum Gasteiger partial charge on any atom is 0.220 e. The summed E-state index contributed by atoms with van der Waals surface area (Å²) >= 11 is 0. The Balaban J connectivity index is 2.05. The molecule has 4 nitrogen and oxygen atoms in total. The van der Waals surface area contributed by atoms with Crippen LogP contribution in [-0.2, 0) is 4.79 Å². The molecule has 0 aromatic rings. The summed E-state index contributed by atoms with van der Waals surface area (Å²) in [6.07, 6.45) is 4.24. The lowest BCUT2D eigenvalue weighted by Crippen LogP contribution is -2.33. The van der Waals surface area contributed by atoms with Crippen LogP contribution in [0.15, 0.2) is 0 Å². The molecule has 0 aromatic heterocycles.